The molecule has 0 aliphatic rings. The number of nitrogens with one attached hydrogen (secondary N) is 1. The van der Waals surface area contributed by atoms with Gasteiger partial charge in [0, 0.05) is 19.8 Å². The zero-order valence-corrected chi connectivity index (χ0v) is 10.7. The zero-order valence-electron chi connectivity index (χ0n) is 10.7. The number of aliphatic hydroxyl groups excluding tert-OH is 1. The third-order valence-electron chi connectivity index (χ3n) is 2.84. The van der Waals surface area contributed by atoms with Crippen molar-refractivity contribution >= 4 is 5.91 Å². The summed E-state index contributed by atoms with van der Waals surface area (Å²) < 4.78 is 28.2. The molecule has 0 bridgehead atoms. The molecule has 2 aromatic rings. The van der Waals surface area contributed by atoms with Gasteiger partial charge in [-0.05, 0) is 18.2 Å². The first-order valence-corrected chi connectivity index (χ1v) is 5.89. The number of aliphatic hydroxyl groups is 1. The van der Waals surface area contributed by atoms with E-state index in [4.69, 9.17) is 0 Å². The number of halogens is 2. The van der Waals surface area contributed by atoms with Gasteiger partial charge in [-0.15, -0.1) is 0 Å². The summed E-state index contributed by atoms with van der Waals surface area (Å²) in [5, 5.41) is 16.0. The van der Waals surface area contributed by atoms with Gasteiger partial charge in [0.25, 0.3) is 5.91 Å². The van der Waals surface area contributed by atoms with E-state index in [9.17, 15) is 18.7 Å². The quantitative estimate of drug-likeness (QED) is 0.883. The number of benzene rings is 1. The minimum absolute atomic E-state index is 0.284. The molecule has 1 unspecified atom stereocenters. The lowest BCUT2D eigenvalue weighted by molar-refractivity contribution is 0.0902. The van der Waals surface area contributed by atoms with Crippen LogP contribution in [0.2, 0.25) is 0 Å². The maximum Gasteiger partial charge on any atom is 0.269 e. The molecule has 0 fully saturated rings. The molecule has 1 aromatic heterocycles. The number of hydrogen-bond donors (Lipinski definition) is 2. The van der Waals surface area contributed by atoms with Gasteiger partial charge in [0.15, 0.2) is 0 Å². The van der Waals surface area contributed by atoms with Crippen LogP contribution < -0.4 is 5.32 Å². The highest BCUT2D eigenvalue weighted by molar-refractivity contribution is 5.92. The van der Waals surface area contributed by atoms with Crippen LogP contribution in [-0.4, -0.2) is 27.3 Å². The van der Waals surface area contributed by atoms with E-state index in [1.165, 1.54) is 23.0 Å². The lowest BCUT2D eigenvalue weighted by Gasteiger charge is -2.13. The van der Waals surface area contributed by atoms with E-state index in [0.29, 0.717) is 0 Å². The summed E-state index contributed by atoms with van der Waals surface area (Å²) in [5.41, 5.74) is -0.177. The summed E-state index contributed by atoms with van der Waals surface area (Å²) in [7, 11) is 1.59. The molecule has 2 N–H and O–H groups in total. The normalized spacial score (nSPS) is 12.2. The van der Waals surface area contributed by atoms with Crippen molar-refractivity contribution < 1.29 is 18.7 Å². The number of hydrogen-bond acceptors (Lipinski definition) is 3. The van der Waals surface area contributed by atoms with Crippen molar-refractivity contribution in [3.8, 4) is 0 Å². The Morgan fingerprint density at radius 2 is 2.05 bits per heavy atom. The number of nitrogens with zero attached hydrogens (tertiary/aromatic N) is 2. The van der Waals surface area contributed by atoms with Gasteiger partial charge in [0.05, 0.1) is 5.56 Å². The smallest absolute Gasteiger partial charge is 0.269 e. The predicted molar refractivity (Wildman–Crippen MR) is 66.9 cm³/mol. The summed E-state index contributed by atoms with van der Waals surface area (Å²) in [6.07, 6.45) is -0.0182. The second-order valence-electron chi connectivity index (χ2n) is 4.20. The highest BCUT2D eigenvalue weighted by Gasteiger charge is 2.19. The van der Waals surface area contributed by atoms with Crippen molar-refractivity contribution in [3.05, 3.63) is 53.4 Å². The van der Waals surface area contributed by atoms with E-state index >= 15 is 0 Å². The van der Waals surface area contributed by atoms with E-state index < -0.39 is 29.2 Å². The van der Waals surface area contributed by atoms with Crippen molar-refractivity contribution in [2.75, 3.05) is 6.54 Å². The first-order valence-electron chi connectivity index (χ1n) is 5.89. The molecule has 7 heteroatoms. The van der Waals surface area contributed by atoms with Crippen molar-refractivity contribution in [2.24, 2.45) is 7.05 Å². The first kappa shape index (κ1) is 14.1. The molecule has 1 heterocycles. The lowest BCUT2D eigenvalue weighted by atomic mass is 10.1. The summed E-state index contributed by atoms with van der Waals surface area (Å²) in [6.45, 7) is -0.304. The van der Waals surface area contributed by atoms with Crippen LogP contribution in [0.3, 0.4) is 0 Å². The third-order valence-corrected chi connectivity index (χ3v) is 2.84. The summed E-state index contributed by atoms with van der Waals surface area (Å²) >= 11 is 0. The molecule has 106 valence electrons. The summed E-state index contributed by atoms with van der Waals surface area (Å²) in [6, 6.07) is 4.79. The molecule has 0 saturated carbocycles. The topological polar surface area (TPSA) is 67.2 Å². The Labute approximate surface area is 113 Å². The lowest BCUT2D eigenvalue weighted by Crippen LogP contribution is -2.30. The summed E-state index contributed by atoms with van der Waals surface area (Å²) in [4.78, 5) is 11.8. The first-order chi connectivity index (χ1) is 9.50. The molecule has 0 spiro atoms. The fourth-order valence-electron chi connectivity index (χ4n) is 1.81. The van der Waals surface area contributed by atoms with Gasteiger partial charge in [-0.25, -0.2) is 8.78 Å². The number of carbonyl (C=O) groups is 1. The van der Waals surface area contributed by atoms with Gasteiger partial charge in [0.2, 0.25) is 0 Å². The summed E-state index contributed by atoms with van der Waals surface area (Å²) in [5.74, 6) is -2.19. The molecule has 0 aliphatic heterocycles. The molecule has 5 nitrogen and oxygen atoms in total. The Morgan fingerprint density at radius 3 is 2.60 bits per heavy atom. The van der Waals surface area contributed by atoms with E-state index in [-0.39, 0.29) is 12.2 Å². The fourth-order valence-corrected chi connectivity index (χ4v) is 1.81. The molecular weight excluding hydrogens is 268 g/mol. The van der Waals surface area contributed by atoms with Crippen LogP contribution in [0, 0.1) is 11.6 Å². The molecule has 0 aliphatic carbocycles. The van der Waals surface area contributed by atoms with Crippen LogP contribution in [0.15, 0.2) is 30.5 Å². The second kappa shape index (κ2) is 5.79. The van der Waals surface area contributed by atoms with E-state index in [1.54, 1.807) is 7.05 Å². The predicted octanol–water partition coefficient (Wildman–Crippen LogP) is 1.16. The number of rotatable bonds is 4. The van der Waals surface area contributed by atoms with Crippen molar-refractivity contribution in [2.45, 2.75) is 6.10 Å². The molecular formula is C13H13F2N3O2. The zero-order chi connectivity index (χ0) is 14.7. The monoisotopic (exact) mass is 281 g/mol. The molecule has 2 rings (SSSR count). The molecule has 0 saturated heterocycles. The Kier molecular flexibility index (Phi) is 4.09. The Balaban J connectivity index is 2.04. The standard InChI is InChI=1S/C13H13F2N3O2/c1-18-10(5-6-17-18)13(20)16-7-11(19)12-8(14)3-2-4-9(12)15/h2-6,11,19H,7H2,1H3,(H,16,20). The Hall–Kier alpha value is -2.28. The maximum atomic E-state index is 13.4. The van der Waals surface area contributed by atoms with Gasteiger partial charge < -0.3 is 10.4 Å². The Bertz CT molecular complexity index is 608. The highest BCUT2D eigenvalue weighted by Crippen LogP contribution is 2.19. The average molecular weight is 281 g/mol. The molecule has 0 radical (unpaired) electrons. The number of aryl methyl sites for hydroxylation is 1. The van der Waals surface area contributed by atoms with E-state index in [1.807, 2.05) is 0 Å². The van der Waals surface area contributed by atoms with E-state index in [2.05, 4.69) is 10.4 Å². The van der Waals surface area contributed by atoms with Crippen LogP contribution in [0.4, 0.5) is 8.78 Å². The van der Waals surface area contributed by atoms with Crippen molar-refractivity contribution in [1.82, 2.24) is 15.1 Å². The van der Waals surface area contributed by atoms with Crippen LogP contribution in [-0.2, 0) is 7.05 Å². The largest absolute Gasteiger partial charge is 0.386 e. The van der Waals surface area contributed by atoms with Gasteiger partial charge >= 0.3 is 0 Å². The molecule has 1 amide bonds. The van der Waals surface area contributed by atoms with E-state index in [0.717, 1.165) is 12.1 Å². The van der Waals surface area contributed by atoms with Crippen LogP contribution in [0.5, 0.6) is 0 Å². The van der Waals surface area contributed by atoms with Gasteiger partial charge in [-0.1, -0.05) is 6.07 Å². The maximum absolute atomic E-state index is 13.4. The van der Waals surface area contributed by atoms with Gasteiger partial charge in [-0.3, -0.25) is 9.48 Å². The highest BCUT2D eigenvalue weighted by atomic mass is 19.1. The van der Waals surface area contributed by atoms with Gasteiger partial charge in [-0.2, -0.15) is 5.10 Å². The molecule has 20 heavy (non-hydrogen) atoms. The van der Waals surface area contributed by atoms with Crippen LogP contribution in [0.1, 0.15) is 22.2 Å². The fraction of sp³-hybridized carbons (Fsp3) is 0.231. The van der Waals surface area contributed by atoms with Crippen molar-refractivity contribution in [3.63, 3.8) is 0 Å². The number of carbonyl (C=O) groups excluding carboxylic acids is 1. The Morgan fingerprint density at radius 1 is 1.40 bits per heavy atom. The van der Waals surface area contributed by atoms with Crippen LogP contribution >= 0.6 is 0 Å². The minimum Gasteiger partial charge on any atom is -0.386 e. The third kappa shape index (κ3) is 2.83. The SMILES string of the molecule is Cn1nccc1C(=O)NCC(O)c1c(F)cccc1F. The van der Waals surface area contributed by atoms with Crippen molar-refractivity contribution in [1.29, 1.82) is 0 Å². The number of amides is 1. The second-order valence-corrected chi connectivity index (χ2v) is 4.20. The minimum atomic E-state index is -1.46. The molecule has 1 atom stereocenters. The van der Waals surface area contributed by atoms with Crippen LogP contribution in [0.25, 0.3) is 0 Å². The average Bonchev–Trinajstić information content (AvgIpc) is 2.82. The molecule has 1 aromatic carbocycles. The van der Waals surface area contributed by atoms with Gasteiger partial charge in [0.1, 0.15) is 23.4 Å². The number of aromatic nitrogens is 2.